The van der Waals surface area contributed by atoms with Crippen LogP contribution in [0.1, 0.15) is 6.42 Å². The van der Waals surface area contributed by atoms with Crippen molar-refractivity contribution in [1.82, 2.24) is 0 Å². The summed E-state index contributed by atoms with van der Waals surface area (Å²) in [5, 5.41) is 0. The van der Waals surface area contributed by atoms with E-state index in [2.05, 4.69) is 77.0 Å². The number of hydrogen-bond acceptors (Lipinski definition) is 1. The zero-order chi connectivity index (χ0) is 13.7. The van der Waals surface area contributed by atoms with E-state index in [4.69, 9.17) is 0 Å². The average molecular weight is 448 g/mol. The maximum absolute atomic E-state index is 3.46. The van der Waals surface area contributed by atoms with E-state index in [1.165, 1.54) is 29.7 Å². The van der Waals surface area contributed by atoms with Crippen molar-refractivity contribution in [2.75, 3.05) is 18.0 Å². The third kappa shape index (κ3) is 4.93. The molecule has 0 atom stereocenters. The first-order valence-corrected chi connectivity index (χ1v) is 8.44. The Bertz CT molecular complexity index is 521. The molecule has 0 aromatic heterocycles. The molecule has 1 fully saturated rings. The Morgan fingerprint density at radius 3 is 1.63 bits per heavy atom. The second-order valence-electron chi connectivity index (χ2n) is 4.26. The van der Waals surface area contributed by atoms with Crippen LogP contribution in [0.4, 0.5) is 5.69 Å². The van der Waals surface area contributed by atoms with Crippen LogP contribution < -0.4 is 4.90 Å². The van der Waals surface area contributed by atoms with Gasteiger partial charge in [-0.3, -0.25) is 0 Å². The van der Waals surface area contributed by atoms with Gasteiger partial charge in [-0.15, -0.1) is 0 Å². The van der Waals surface area contributed by atoms with Crippen LogP contribution in [0.3, 0.4) is 0 Å². The minimum absolute atomic E-state index is 1.10. The summed E-state index contributed by atoms with van der Waals surface area (Å²) in [5.41, 5.74) is 1.34. The second kappa shape index (κ2) is 7.46. The highest BCUT2D eigenvalue weighted by Gasteiger charge is 2.13. The fourth-order valence-corrected chi connectivity index (χ4v) is 3.20. The predicted octanol–water partition coefficient (Wildman–Crippen LogP) is 5.87. The highest BCUT2D eigenvalue weighted by Crippen LogP contribution is 2.23. The maximum atomic E-state index is 3.46. The van der Waals surface area contributed by atoms with E-state index >= 15 is 0 Å². The quantitative estimate of drug-likeness (QED) is 0.528. The van der Waals surface area contributed by atoms with Gasteiger partial charge in [-0.25, -0.2) is 0 Å². The molecule has 100 valence electrons. The Morgan fingerprint density at radius 2 is 1.26 bits per heavy atom. The van der Waals surface area contributed by atoms with Crippen LogP contribution >= 0.6 is 47.8 Å². The van der Waals surface area contributed by atoms with E-state index in [1.54, 1.807) is 0 Å². The van der Waals surface area contributed by atoms with Gasteiger partial charge in [-0.1, -0.05) is 59.9 Å². The Kier molecular flexibility index (Phi) is 5.92. The first kappa shape index (κ1) is 15.1. The summed E-state index contributed by atoms with van der Waals surface area (Å²) in [5.74, 6) is 0. The average Bonchev–Trinajstić information content (AvgIpc) is 2.27. The molecule has 1 saturated heterocycles. The summed E-state index contributed by atoms with van der Waals surface area (Å²) in [6.07, 6.45) is 1.34. The molecule has 0 radical (unpaired) electrons. The van der Waals surface area contributed by atoms with Crippen LogP contribution in [-0.4, -0.2) is 13.1 Å². The molecule has 19 heavy (non-hydrogen) atoms. The molecule has 0 saturated carbocycles. The summed E-state index contributed by atoms with van der Waals surface area (Å²) >= 11 is 10.1. The standard InChI is InChI=1S/C9H10BrN.C6H4Br2/c10-8-3-1-4-9(7-8)11-5-2-6-11;7-5-2-1-3-6(8)4-5/h1,3-4,7H,2,5-6H2;1-4H. The van der Waals surface area contributed by atoms with Crippen molar-refractivity contribution in [3.05, 3.63) is 61.9 Å². The van der Waals surface area contributed by atoms with Crippen molar-refractivity contribution in [3.8, 4) is 0 Å². The van der Waals surface area contributed by atoms with Gasteiger partial charge in [0.15, 0.2) is 0 Å². The summed E-state index contributed by atoms with van der Waals surface area (Å²) in [6.45, 7) is 2.44. The van der Waals surface area contributed by atoms with Gasteiger partial charge in [0.25, 0.3) is 0 Å². The first-order chi connectivity index (χ1) is 9.15. The van der Waals surface area contributed by atoms with Crippen LogP contribution in [0.15, 0.2) is 61.9 Å². The zero-order valence-corrected chi connectivity index (χ0v) is 15.1. The van der Waals surface area contributed by atoms with E-state index in [0.717, 1.165) is 8.95 Å². The lowest BCUT2D eigenvalue weighted by Gasteiger charge is -2.33. The predicted molar refractivity (Wildman–Crippen MR) is 92.8 cm³/mol. The highest BCUT2D eigenvalue weighted by molar-refractivity contribution is 9.11. The van der Waals surface area contributed by atoms with Gasteiger partial charge in [0.1, 0.15) is 0 Å². The third-order valence-corrected chi connectivity index (χ3v) is 4.30. The Morgan fingerprint density at radius 1 is 0.737 bits per heavy atom. The van der Waals surface area contributed by atoms with E-state index in [0.29, 0.717) is 0 Å². The van der Waals surface area contributed by atoms with Crippen LogP contribution in [-0.2, 0) is 0 Å². The molecular formula is C15H14Br3N. The minimum Gasteiger partial charge on any atom is -0.371 e. The van der Waals surface area contributed by atoms with Crippen molar-refractivity contribution in [3.63, 3.8) is 0 Å². The topological polar surface area (TPSA) is 3.24 Å². The minimum atomic E-state index is 1.10. The number of anilines is 1. The fourth-order valence-electron chi connectivity index (χ4n) is 1.71. The molecule has 4 heteroatoms. The smallest absolute Gasteiger partial charge is 0.0377 e. The Hall–Kier alpha value is -0.320. The van der Waals surface area contributed by atoms with Gasteiger partial charge in [0.2, 0.25) is 0 Å². The van der Waals surface area contributed by atoms with Crippen LogP contribution in [0.25, 0.3) is 0 Å². The van der Waals surface area contributed by atoms with Gasteiger partial charge < -0.3 is 4.90 Å². The molecule has 1 aliphatic rings. The fraction of sp³-hybridized carbons (Fsp3) is 0.200. The highest BCUT2D eigenvalue weighted by atomic mass is 79.9. The lowest BCUT2D eigenvalue weighted by atomic mass is 10.2. The number of benzene rings is 2. The molecule has 3 rings (SSSR count). The first-order valence-electron chi connectivity index (χ1n) is 6.07. The summed E-state index contributed by atoms with van der Waals surface area (Å²) in [4.78, 5) is 2.38. The molecular weight excluding hydrogens is 434 g/mol. The van der Waals surface area contributed by atoms with E-state index < -0.39 is 0 Å². The molecule has 0 aliphatic carbocycles. The number of rotatable bonds is 1. The van der Waals surface area contributed by atoms with Crippen molar-refractivity contribution in [2.24, 2.45) is 0 Å². The van der Waals surface area contributed by atoms with Crippen LogP contribution in [0.2, 0.25) is 0 Å². The summed E-state index contributed by atoms with van der Waals surface area (Å²) in [6, 6.07) is 16.4. The molecule has 1 aliphatic heterocycles. The molecule has 1 heterocycles. The van der Waals surface area contributed by atoms with E-state index in [1.807, 2.05) is 24.3 Å². The summed E-state index contributed by atoms with van der Waals surface area (Å²) < 4.78 is 3.38. The molecule has 0 bridgehead atoms. The monoisotopic (exact) mass is 445 g/mol. The number of nitrogens with zero attached hydrogens (tertiary/aromatic N) is 1. The molecule has 2 aromatic carbocycles. The number of hydrogen-bond donors (Lipinski definition) is 0. The van der Waals surface area contributed by atoms with Crippen molar-refractivity contribution in [1.29, 1.82) is 0 Å². The van der Waals surface area contributed by atoms with Gasteiger partial charge in [-0.2, -0.15) is 0 Å². The van der Waals surface area contributed by atoms with Gasteiger partial charge in [0.05, 0.1) is 0 Å². The van der Waals surface area contributed by atoms with Crippen LogP contribution in [0, 0.1) is 0 Å². The molecule has 0 amide bonds. The SMILES string of the molecule is Brc1cccc(Br)c1.Brc1cccc(N2CCC2)c1. The van der Waals surface area contributed by atoms with Gasteiger partial charge in [-0.05, 0) is 42.8 Å². The zero-order valence-electron chi connectivity index (χ0n) is 10.3. The third-order valence-electron chi connectivity index (χ3n) is 2.82. The maximum Gasteiger partial charge on any atom is 0.0377 e. The second-order valence-corrected chi connectivity index (χ2v) is 7.01. The van der Waals surface area contributed by atoms with Crippen molar-refractivity contribution in [2.45, 2.75) is 6.42 Å². The molecule has 0 N–H and O–H groups in total. The van der Waals surface area contributed by atoms with Gasteiger partial charge >= 0.3 is 0 Å². The largest absolute Gasteiger partial charge is 0.371 e. The van der Waals surface area contributed by atoms with E-state index in [9.17, 15) is 0 Å². The van der Waals surface area contributed by atoms with Crippen LogP contribution in [0.5, 0.6) is 0 Å². The Balaban J connectivity index is 0.000000148. The molecule has 2 aromatic rings. The number of halogens is 3. The molecule has 0 unspecified atom stereocenters. The summed E-state index contributed by atoms with van der Waals surface area (Å²) in [7, 11) is 0. The van der Waals surface area contributed by atoms with Gasteiger partial charge in [0, 0.05) is 32.2 Å². The lowest BCUT2D eigenvalue weighted by Crippen LogP contribution is -2.36. The lowest BCUT2D eigenvalue weighted by molar-refractivity contribution is 0.617. The Labute approximate surface area is 139 Å². The molecule has 0 spiro atoms. The van der Waals surface area contributed by atoms with Crippen molar-refractivity contribution >= 4 is 53.5 Å². The van der Waals surface area contributed by atoms with E-state index in [-0.39, 0.29) is 0 Å². The molecule has 1 nitrogen and oxygen atoms in total. The normalized spacial score (nSPS) is 13.3. The van der Waals surface area contributed by atoms with Crippen molar-refractivity contribution < 1.29 is 0 Å².